The van der Waals surface area contributed by atoms with Crippen LogP contribution in [0.2, 0.25) is 0 Å². The maximum Gasteiger partial charge on any atom is 0.343 e. The van der Waals surface area contributed by atoms with Crippen LogP contribution in [0, 0.1) is 6.92 Å². The molecule has 4 heteroatoms. The summed E-state index contributed by atoms with van der Waals surface area (Å²) in [6, 6.07) is 16.4. The fourth-order valence-electron chi connectivity index (χ4n) is 2.25. The standard InChI is InChI=1S/C18H15NO3/c1-12-6-7-13-4-3-5-16(17(13)19-12)22-18(20)14-8-10-15(21-2)11-9-14/h3-11H,1-2H3/p+1. The van der Waals surface area contributed by atoms with Gasteiger partial charge in [0.05, 0.1) is 18.1 Å². The summed E-state index contributed by atoms with van der Waals surface area (Å²) < 4.78 is 10.6. The highest BCUT2D eigenvalue weighted by Crippen LogP contribution is 2.23. The number of nitrogens with one attached hydrogen (secondary N) is 1. The summed E-state index contributed by atoms with van der Waals surface area (Å²) in [4.78, 5) is 15.5. The normalized spacial score (nSPS) is 10.5. The molecule has 4 nitrogen and oxygen atoms in total. The molecule has 22 heavy (non-hydrogen) atoms. The predicted molar refractivity (Wildman–Crippen MR) is 83.2 cm³/mol. The second-order valence-electron chi connectivity index (χ2n) is 4.98. The third-order valence-electron chi connectivity index (χ3n) is 3.42. The molecular formula is C18H16NO3+. The van der Waals surface area contributed by atoms with E-state index < -0.39 is 5.97 Å². The van der Waals surface area contributed by atoms with E-state index in [1.54, 1.807) is 37.4 Å². The number of hydrogen-bond donors (Lipinski definition) is 0. The molecule has 0 aliphatic carbocycles. The number of methoxy groups -OCH3 is 1. The number of rotatable bonds is 3. The van der Waals surface area contributed by atoms with Gasteiger partial charge in [-0.25, -0.2) is 9.78 Å². The zero-order valence-corrected chi connectivity index (χ0v) is 12.4. The van der Waals surface area contributed by atoms with Crippen LogP contribution in [-0.4, -0.2) is 13.1 Å². The topological polar surface area (TPSA) is 49.7 Å². The van der Waals surface area contributed by atoms with Crippen molar-refractivity contribution in [3.05, 3.63) is 65.9 Å². The van der Waals surface area contributed by atoms with Crippen LogP contribution in [0.4, 0.5) is 0 Å². The van der Waals surface area contributed by atoms with Crippen molar-refractivity contribution in [2.75, 3.05) is 7.11 Å². The molecule has 0 radical (unpaired) electrons. The summed E-state index contributed by atoms with van der Waals surface area (Å²) in [6.45, 7) is 1.96. The number of benzene rings is 2. The van der Waals surface area contributed by atoms with Crippen LogP contribution < -0.4 is 14.5 Å². The molecule has 0 bridgehead atoms. The summed E-state index contributed by atoms with van der Waals surface area (Å²) in [5.41, 5.74) is 2.29. The van der Waals surface area contributed by atoms with Gasteiger partial charge in [0.1, 0.15) is 5.75 Å². The quantitative estimate of drug-likeness (QED) is 0.550. The molecule has 110 valence electrons. The molecule has 0 saturated carbocycles. The van der Waals surface area contributed by atoms with E-state index in [0.717, 1.165) is 16.6 Å². The van der Waals surface area contributed by atoms with Gasteiger partial charge in [-0.05, 0) is 42.5 Å². The molecule has 2 aromatic carbocycles. The Hall–Kier alpha value is -2.88. The summed E-state index contributed by atoms with van der Waals surface area (Å²) in [5.74, 6) is 0.817. The van der Waals surface area contributed by atoms with E-state index in [9.17, 15) is 4.79 Å². The highest BCUT2D eigenvalue weighted by Gasteiger charge is 2.15. The summed E-state index contributed by atoms with van der Waals surface area (Å²) in [6.07, 6.45) is 0. The maximum atomic E-state index is 12.3. The number of hydrogen-bond acceptors (Lipinski definition) is 3. The number of para-hydroxylation sites is 1. The number of fused-ring (bicyclic) bond motifs is 1. The number of carbonyl (C=O) groups excluding carboxylic acids is 1. The van der Waals surface area contributed by atoms with Crippen LogP contribution >= 0.6 is 0 Å². The van der Waals surface area contributed by atoms with Crippen molar-refractivity contribution >= 4 is 16.9 Å². The lowest BCUT2D eigenvalue weighted by Crippen LogP contribution is -2.13. The van der Waals surface area contributed by atoms with Crippen LogP contribution in [0.15, 0.2) is 54.6 Å². The highest BCUT2D eigenvalue weighted by molar-refractivity contribution is 5.93. The zero-order chi connectivity index (χ0) is 15.5. The number of aromatic nitrogens is 1. The third kappa shape index (κ3) is 2.76. The molecule has 0 spiro atoms. The van der Waals surface area contributed by atoms with E-state index in [4.69, 9.17) is 9.47 Å². The van der Waals surface area contributed by atoms with Gasteiger partial charge in [0, 0.05) is 13.0 Å². The van der Waals surface area contributed by atoms with Crippen LogP contribution in [0.3, 0.4) is 0 Å². The van der Waals surface area contributed by atoms with E-state index >= 15 is 0 Å². The van der Waals surface area contributed by atoms with Gasteiger partial charge in [0.15, 0.2) is 5.69 Å². The lowest BCUT2D eigenvalue weighted by Gasteiger charge is -2.05. The summed E-state index contributed by atoms with van der Waals surface area (Å²) in [5, 5.41) is 0.991. The first-order chi connectivity index (χ1) is 10.7. The Bertz CT molecular complexity index is 825. The van der Waals surface area contributed by atoms with Crippen molar-refractivity contribution in [1.29, 1.82) is 0 Å². The van der Waals surface area contributed by atoms with Gasteiger partial charge >= 0.3 is 5.97 Å². The van der Waals surface area contributed by atoms with Crippen LogP contribution in [0.5, 0.6) is 11.5 Å². The van der Waals surface area contributed by atoms with E-state index in [1.165, 1.54) is 0 Å². The van der Waals surface area contributed by atoms with Crippen LogP contribution in [0.25, 0.3) is 10.9 Å². The second-order valence-corrected chi connectivity index (χ2v) is 4.98. The molecule has 0 aliphatic rings. The van der Waals surface area contributed by atoms with Crippen LogP contribution in [0.1, 0.15) is 16.1 Å². The molecule has 1 heterocycles. The van der Waals surface area contributed by atoms with Gasteiger partial charge in [-0.1, -0.05) is 6.07 Å². The van der Waals surface area contributed by atoms with Gasteiger partial charge < -0.3 is 9.47 Å². The summed E-state index contributed by atoms with van der Waals surface area (Å²) in [7, 11) is 1.58. The van der Waals surface area contributed by atoms with Crippen molar-refractivity contribution in [2.24, 2.45) is 0 Å². The Kier molecular flexibility index (Phi) is 3.74. The van der Waals surface area contributed by atoms with E-state index in [2.05, 4.69) is 4.98 Å². The van der Waals surface area contributed by atoms with E-state index in [1.807, 2.05) is 31.2 Å². The molecule has 0 fully saturated rings. The minimum Gasteiger partial charge on any atom is -0.497 e. The number of aromatic amines is 1. The molecule has 0 unspecified atom stereocenters. The molecule has 3 rings (SSSR count). The van der Waals surface area contributed by atoms with Crippen molar-refractivity contribution in [3.8, 4) is 11.5 Å². The lowest BCUT2D eigenvalue weighted by atomic mass is 10.2. The van der Waals surface area contributed by atoms with Crippen molar-refractivity contribution in [3.63, 3.8) is 0 Å². The lowest BCUT2D eigenvalue weighted by molar-refractivity contribution is -0.355. The van der Waals surface area contributed by atoms with Gasteiger partial charge in [-0.15, -0.1) is 0 Å². The fraction of sp³-hybridized carbons (Fsp3) is 0.111. The van der Waals surface area contributed by atoms with Gasteiger partial charge in [0.2, 0.25) is 5.75 Å². The van der Waals surface area contributed by atoms with Gasteiger partial charge in [-0.3, -0.25) is 0 Å². The number of aryl methyl sites for hydroxylation is 1. The third-order valence-corrected chi connectivity index (χ3v) is 3.42. The number of pyridine rings is 1. The first-order valence-corrected chi connectivity index (χ1v) is 6.95. The molecule has 0 amide bonds. The fourth-order valence-corrected chi connectivity index (χ4v) is 2.25. The van der Waals surface area contributed by atoms with Gasteiger partial charge in [0.25, 0.3) is 5.52 Å². The highest BCUT2D eigenvalue weighted by atomic mass is 16.5. The largest absolute Gasteiger partial charge is 0.497 e. The average Bonchev–Trinajstić information content (AvgIpc) is 2.55. The van der Waals surface area contributed by atoms with Gasteiger partial charge in [-0.2, -0.15) is 0 Å². The SMILES string of the molecule is COc1ccc(C(=O)Oc2cccc3ccc(C)[nH+]c23)cc1. The van der Waals surface area contributed by atoms with E-state index in [0.29, 0.717) is 17.1 Å². The molecule has 0 aliphatic heterocycles. The first-order valence-electron chi connectivity index (χ1n) is 6.95. The zero-order valence-electron chi connectivity index (χ0n) is 12.4. The Morgan fingerprint density at radius 1 is 1.00 bits per heavy atom. The van der Waals surface area contributed by atoms with Crippen molar-refractivity contribution in [1.82, 2.24) is 0 Å². The minimum atomic E-state index is -0.398. The maximum absolute atomic E-state index is 12.3. The molecule has 0 atom stereocenters. The Morgan fingerprint density at radius 2 is 1.77 bits per heavy atom. The van der Waals surface area contributed by atoms with Crippen LogP contribution in [-0.2, 0) is 0 Å². The Labute approximate surface area is 128 Å². The number of H-pyrrole nitrogens is 1. The molecule has 3 aromatic rings. The molecule has 0 saturated heterocycles. The predicted octanol–water partition coefficient (Wildman–Crippen LogP) is 3.19. The average molecular weight is 294 g/mol. The van der Waals surface area contributed by atoms with Crippen molar-refractivity contribution < 1.29 is 19.3 Å². The second kappa shape index (κ2) is 5.85. The molecular weight excluding hydrogens is 278 g/mol. The Balaban J connectivity index is 1.91. The van der Waals surface area contributed by atoms with E-state index in [-0.39, 0.29) is 0 Å². The Morgan fingerprint density at radius 3 is 2.50 bits per heavy atom. The number of carbonyl (C=O) groups is 1. The number of esters is 1. The summed E-state index contributed by atoms with van der Waals surface area (Å²) >= 11 is 0. The smallest absolute Gasteiger partial charge is 0.343 e. The first kappa shape index (κ1) is 14.1. The molecule has 1 aromatic heterocycles. The van der Waals surface area contributed by atoms with Crippen molar-refractivity contribution in [2.45, 2.75) is 6.92 Å². The minimum absolute atomic E-state index is 0.398. The monoisotopic (exact) mass is 294 g/mol. The number of ether oxygens (including phenoxy) is 2. The molecule has 1 N–H and O–H groups in total.